The first-order chi connectivity index (χ1) is 9.81. The van der Waals surface area contributed by atoms with Gasteiger partial charge in [-0.15, -0.1) is 0 Å². The Balaban J connectivity index is 2.01. The van der Waals surface area contributed by atoms with Gasteiger partial charge in [0, 0.05) is 12.2 Å². The molecule has 0 bridgehead atoms. The van der Waals surface area contributed by atoms with Gasteiger partial charge in [0.15, 0.2) is 0 Å². The Morgan fingerprint density at radius 2 is 1.70 bits per heavy atom. The Bertz CT molecular complexity index is 552. The lowest BCUT2D eigenvalue weighted by Crippen LogP contribution is -2.36. The number of benzene rings is 2. The highest BCUT2D eigenvalue weighted by molar-refractivity contribution is 5.93. The summed E-state index contributed by atoms with van der Waals surface area (Å²) in [5, 5.41) is 3.08. The Hall–Kier alpha value is -2.53. The molecule has 0 spiro atoms. The molecule has 0 aromatic heterocycles. The van der Waals surface area contributed by atoms with Crippen LogP contribution in [-0.2, 0) is 0 Å². The van der Waals surface area contributed by atoms with E-state index in [1.54, 1.807) is 0 Å². The number of nitrogens with zero attached hydrogens (tertiary/aromatic N) is 1. The molecule has 0 radical (unpaired) electrons. The second kappa shape index (κ2) is 7.16. The molecule has 4 N–H and O–H groups in total. The van der Waals surface area contributed by atoms with Crippen LogP contribution in [0.5, 0.6) is 11.5 Å². The maximum absolute atomic E-state index is 5.71. The summed E-state index contributed by atoms with van der Waals surface area (Å²) in [6.45, 7) is 2.59. The molecule has 5 heteroatoms. The molecule has 0 saturated heterocycles. The van der Waals surface area contributed by atoms with Gasteiger partial charge in [-0.3, -0.25) is 10.4 Å². The van der Waals surface area contributed by atoms with Gasteiger partial charge in [-0.2, -0.15) is 0 Å². The number of anilines is 1. The van der Waals surface area contributed by atoms with Crippen LogP contribution in [0.25, 0.3) is 0 Å². The van der Waals surface area contributed by atoms with E-state index in [2.05, 4.69) is 15.7 Å². The lowest BCUT2D eigenvalue weighted by atomic mass is 10.3. The maximum atomic E-state index is 5.71. The second-order valence-corrected chi connectivity index (χ2v) is 4.03. The predicted octanol–water partition coefficient (Wildman–Crippen LogP) is 2.73. The molecular formula is C15H18N4O. The van der Waals surface area contributed by atoms with E-state index in [4.69, 9.17) is 10.6 Å². The fraction of sp³-hybridized carbons (Fsp3) is 0.133. The number of ether oxygens (including phenoxy) is 1. The summed E-state index contributed by atoms with van der Waals surface area (Å²) in [5.74, 6) is 7.49. The summed E-state index contributed by atoms with van der Waals surface area (Å²) >= 11 is 0. The molecular weight excluding hydrogens is 252 g/mol. The smallest absolute Gasteiger partial charge is 0.210 e. The van der Waals surface area contributed by atoms with Gasteiger partial charge in [-0.05, 0) is 43.3 Å². The minimum Gasteiger partial charge on any atom is -0.457 e. The Morgan fingerprint density at radius 1 is 1.05 bits per heavy atom. The van der Waals surface area contributed by atoms with Crippen LogP contribution in [0.1, 0.15) is 6.92 Å². The van der Waals surface area contributed by atoms with Crippen LogP contribution in [0, 0.1) is 0 Å². The highest BCUT2D eigenvalue weighted by Gasteiger charge is 1.99. The van der Waals surface area contributed by atoms with Crippen molar-refractivity contribution in [2.24, 2.45) is 10.8 Å². The van der Waals surface area contributed by atoms with Crippen LogP contribution >= 0.6 is 0 Å². The summed E-state index contributed by atoms with van der Waals surface area (Å²) in [5.41, 5.74) is 3.40. The third-order valence-corrected chi connectivity index (χ3v) is 2.55. The summed E-state index contributed by atoms with van der Waals surface area (Å²) in [4.78, 5) is 4.17. The lowest BCUT2D eigenvalue weighted by molar-refractivity contribution is 0.483. The minimum atomic E-state index is 0.532. The Kier molecular flexibility index (Phi) is 4.97. The van der Waals surface area contributed by atoms with E-state index in [1.807, 2.05) is 61.5 Å². The molecule has 2 rings (SSSR count). The highest BCUT2D eigenvalue weighted by Crippen LogP contribution is 2.22. The molecule has 2 aromatic rings. The van der Waals surface area contributed by atoms with Gasteiger partial charge in [0.25, 0.3) is 0 Å². The standard InChI is InChI=1S/C15H18N4O/c1-2-17-15(19-16)18-12-8-10-14(11-9-12)20-13-6-4-3-5-7-13/h3-11H,2,16H2,1H3,(H2,17,18,19). The minimum absolute atomic E-state index is 0.532. The molecule has 0 aliphatic rings. The largest absolute Gasteiger partial charge is 0.457 e. The monoisotopic (exact) mass is 270 g/mol. The van der Waals surface area contributed by atoms with E-state index >= 15 is 0 Å². The van der Waals surface area contributed by atoms with E-state index in [0.29, 0.717) is 12.5 Å². The fourth-order valence-corrected chi connectivity index (χ4v) is 1.65. The zero-order chi connectivity index (χ0) is 14.2. The number of hydrogen-bond acceptors (Lipinski definition) is 3. The molecule has 20 heavy (non-hydrogen) atoms. The summed E-state index contributed by atoms with van der Waals surface area (Å²) < 4.78 is 5.71. The zero-order valence-electron chi connectivity index (χ0n) is 11.3. The number of hydrazine groups is 1. The second-order valence-electron chi connectivity index (χ2n) is 4.03. The Labute approximate surface area is 118 Å². The van der Waals surface area contributed by atoms with Gasteiger partial charge in [0.05, 0.1) is 0 Å². The SMILES string of the molecule is CCN=C(NN)Nc1ccc(Oc2ccccc2)cc1. The molecule has 5 nitrogen and oxygen atoms in total. The molecule has 104 valence electrons. The molecule has 0 aliphatic heterocycles. The van der Waals surface area contributed by atoms with Crippen molar-refractivity contribution < 1.29 is 4.74 Å². The van der Waals surface area contributed by atoms with Crippen LogP contribution in [0.3, 0.4) is 0 Å². The number of nitrogens with two attached hydrogens (primary N) is 1. The molecule has 0 fully saturated rings. The summed E-state index contributed by atoms with van der Waals surface area (Å²) in [6, 6.07) is 17.2. The van der Waals surface area contributed by atoms with Crippen molar-refractivity contribution in [3.05, 3.63) is 54.6 Å². The highest BCUT2D eigenvalue weighted by atomic mass is 16.5. The normalized spacial score (nSPS) is 11.0. The molecule has 0 unspecified atom stereocenters. The number of para-hydroxylation sites is 1. The summed E-state index contributed by atoms with van der Waals surface area (Å²) in [6.07, 6.45) is 0. The number of hydrogen-bond donors (Lipinski definition) is 3. The van der Waals surface area contributed by atoms with Crippen LogP contribution in [-0.4, -0.2) is 12.5 Å². The summed E-state index contributed by atoms with van der Waals surface area (Å²) in [7, 11) is 0. The van der Waals surface area contributed by atoms with Gasteiger partial charge in [0.1, 0.15) is 11.5 Å². The van der Waals surface area contributed by atoms with E-state index in [-0.39, 0.29) is 0 Å². The first-order valence-corrected chi connectivity index (χ1v) is 6.43. The van der Waals surface area contributed by atoms with Crippen molar-refractivity contribution in [1.29, 1.82) is 0 Å². The van der Waals surface area contributed by atoms with Crippen LogP contribution in [0.15, 0.2) is 59.6 Å². The van der Waals surface area contributed by atoms with Crippen molar-refractivity contribution in [3.8, 4) is 11.5 Å². The van der Waals surface area contributed by atoms with Gasteiger partial charge in [-0.25, -0.2) is 5.84 Å². The van der Waals surface area contributed by atoms with E-state index < -0.39 is 0 Å². The number of aliphatic imine (C=N–C) groups is 1. The van der Waals surface area contributed by atoms with Crippen molar-refractivity contribution >= 4 is 11.6 Å². The average Bonchev–Trinajstić information content (AvgIpc) is 2.50. The van der Waals surface area contributed by atoms with Gasteiger partial charge in [-0.1, -0.05) is 18.2 Å². The topological polar surface area (TPSA) is 71.7 Å². The van der Waals surface area contributed by atoms with Crippen LogP contribution < -0.4 is 21.3 Å². The first kappa shape index (κ1) is 13.9. The van der Waals surface area contributed by atoms with E-state index in [0.717, 1.165) is 17.2 Å². The zero-order valence-corrected chi connectivity index (χ0v) is 11.3. The van der Waals surface area contributed by atoms with Crippen LogP contribution in [0.4, 0.5) is 5.69 Å². The van der Waals surface area contributed by atoms with Gasteiger partial charge in [0.2, 0.25) is 5.96 Å². The number of nitrogens with one attached hydrogen (secondary N) is 2. The van der Waals surface area contributed by atoms with Crippen molar-refractivity contribution in [2.45, 2.75) is 6.92 Å². The lowest BCUT2D eigenvalue weighted by Gasteiger charge is -2.10. The van der Waals surface area contributed by atoms with Crippen molar-refractivity contribution in [3.63, 3.8) is 0 Å². The van der Waals surface area contributed by atoms with Gasteiger partial charge < -0.3 is 10.1 Å². The van der Waals surface area contributed by atoms with Gasteiger partial charge >= 0.3 is 0 Å². The quantitative estimate of drug-likeness (QED) is 0.346. The maximum Gasteiger partial charge on any atom is 0.210 e. The predicted molar refractivity (Wildman–Crippen MR) is 81.9 cm³/mol. The molecule has 0 amide bonds. The number of guanidine groups is 1. The first-order valence-electron chi connectivity index (χ1n) is 6.43. The van der Waals surface area contributed by atoms with E-state index in [9.17, 15) is 0 Å². The molecule has 0 heterocycles. The van der Waals surface area contributed by atoms with Crippen molar-refractivity contribution in [2.75, 3.05) is 11.9 Å². The third-order valence-electron chi connectivity index (χ3n) is 2.55. The average molecular weight is 270 g/mol. The van der Waals surface area contributed by atoms with E-state index in [1.165, 1.54) is 0 Å². The van der Waals surface area contributed by atoms with Crippen LogP contribution in [0.2, 0.25) is 0 Å². The fourth-order valence-electron chi connectivity index (χ4n) is 1.65. The molecule has 0 atom stereocenters. The Morgan fingerprint density at radius 3 is 2.30 bits per heavy atom. The molecule has 0 aliphatic carbocycles. The van der Waals surface area contributed by atoms with Crippen molar-refractivity contribution in [1.82, 2.24) is 5.43 Å². The molecule has 2 aromatic carbocycles. The number of rotatable bonds is 4. The molecule has 0 saturated carbocycles. The third kappa shape index (κ3) is 4.00.